The highest BCUT2D eigenvalue weighted by Crippen LogP contribution is 2.32. The second-order valence-electron chi connectivity index (χ2n) is 9.59. The van der Waals surface area contributed by atoms with Crippen LogP contribution in [0.5, 0.6) is 5.75 Å². The summed E-state index contributed by atoms with van der Waals surface area (Å²) in [6.07, 6.45) is 1.66. The van der Waals surface area contributed by atoms with E-state index in [9.17, 15) is 14.4 Å². The molecule has 0 saturated carbocycles. The number of thioether (sulfide) groups is 1. The van der Waals surface area contributed by atoms with E-state index in [4.69, 9.17) is 4.74 Å². The average molecular weight is 537 g/mol. The molecule has 6 nitrogen and oxygen atoms in total. The summed E-state index contributed by atoms with van der Waals surface area (Å²) in [6, 6.07) is 25.6. The van der Waals surface area contributed by atoms with Crippen molar-refractivity contribution in [2.45, 2.75) is 27.4 Å². The fourth-order valence-electron chi connectivity index (χ4n) is 4.73. The van der Waals surface area contributed by atoms with Gasteiger partial charge in [-0.25, -0.2) is 0 Å². The normalized spacial score (nSPS) is 14.3. The lowest BCUT2D eigenvalue weighted by molar-refractivity contribution is -0.127. The first-order valence-electron chi connectivity index (χ1n) is 12.6. The molecule has 7 heteroatoms. The smallest absolute Gasteiger partial charge is 0.294 e. The largest absolute Gasteiger partial charge is 0.489 e. The number of ether oxygens (including phenoxy) is 1. The van der Waals surface area contributed by atoms with Crippen LogP contribution in [-0.2, 0) is 16.2 Å². The fraction of sp³-hybridized carbons (Fsp3) is 0.156. The first-order valence-corrected chi connectivity index (χ1v) is 13.4. The molecule has 1 aliphatic heterocycles. The van der Waals surface area contributed by atoms with Gasteiger partial charge < -0.3 is 10.1 Å². The molecule has 0 aliphatic carbocycles. The third kappa shape index (κ3) is 5.89. The summed E-state index contributed by atoms with van der Waals surface area (Å²) >= 11 is 0.833. The first kappa shape index (κ1) is 26.3. The Hall–Kier alpha value is -4.36. The van der Waals surface area contributed by atoms with Crippen molar-refractivity contribution in [3.8, 4) is 5.75 Å². The molecule has 0 atom stereocenters. The quantitative estimate of drug-likeness (QED) is 0.257. The van der Waals surface area contributed by atoms with Crippen molar-refractivity contribution < 1.29 is 19.1 Å². The number of aryl methyl sites for hydroxylation is 3. The zero-order chi connectivity index (χ0) is 27.5. The molecule has 0 bridgehead atoms. The van der Waals surface area contributed by atoms with Gasteiger partial charge in [0.25, 0.3) is 11.1 Å². The summed E-state index contributed by atoms with van der Waals surface area (Å²) < 4.78 is 6.00. The van der Waals surface area contributed by atoms with Gasteiger partial charge in [0.05, 0.1) is 4.91 Å². The Balaban J connectivity index is 1.22. The minimum absolute atomic E-state index is 0.278. The first-order chi connectivity index (χ1) is 18.8. The molecule has 4 aromatic rings. The predicted octanol–water partition coefficient (Wildman–Crippen LogP) is 7.02. The van der Waals surface area contributed by atoms with Gasteiger partial charge in [0.1, 0.15) is 18.9 Å². The molecular formula is C32H28N2O4S. The summed E-state index contributed by atoms with van der Waals surface area (Å²) in [6.45, 7) is 5.92. The van der Waals surface area contributed by atoms with Crippen LogP contribution in [0.25, 0.3) is 16.8 Å². The average Bonchev–Trinajstić information content (AvgIpc) is 3.17. The number of amides is 3. The second kappa shape index (κ2) is 11.2. The van der Waals surface area contributed by atoms with Gasteiger partial charge in [0, 0.05) is 5.69 Å². The molecule has 1 aliphatic rings. The highest BCUT2D eigenvalue weighted by molar-refractivity contribution is 8.18. The zero-order valence-electron chi connectivity index (χ0n) is 22.0. The van der Waals surface area contributed by atoms with E-state index >= 15 is 0 Å². The van der Waals surface area contributed by atoms with Crippen LogP contribution in [0.15, 0.2) is 83.8 Å². The van der Waals surface area contributed by atoms with Gasteiger partial charge in [-0.05, 0) is 83.8 Å². The lowest BCUT2D eigenvalue weighted by Gasteiger charge is -2.15. The Labute approximate surface area is 231 Å². The lowest BCUT2D eigenvalue weighted by Crippen LogP contribution is -2.36. The number of imide groups is 1. The number of hydrogen-bond donors (Lipinski definition) is 1. The number of nitrogens with zero attached hydrogens (tertiary/aromatic N) is 1. The molecule has 1 fully saturated rings. The lowest BCUT2D eigenvalue weighted by atomic mass is 10.1. The molecule has 1 heterocycles. The van der Waals surface area contributed by atoms with Crippen LogP contribution in [0.3, 0.4) is 0 Å². The van der Waals surface area contributed by atoms with Gasteiger partial charge in [0.2, 0.25) is 5.91 Å². The van der Waals surface area contributed by atoms with Gasteiger partial charge in [0.15, 0.2) is 0 Å². The standard InChI is InChI=1S/C32H28N2O4S/c1-20-15-21(2)30(22(3)16-20)33-29(35)18-34-31(36)28(39-32(34)37)17-23-11-13-26(14-12-23)38-19-25-9-6-8-24-7-4-5-10-27(24)25/h4-17H,18-19H2,1-3H3,(H,33,35)/b28-17+. The number of benzene rings is 4. The van der Waals surface area contributed by atoms with E-state index in [2.05, 4.69) is 29.6 Å². The molecule has 0 spiro atoms. The van der Waals surface area contributed by atoms with Crippen LogP contribution < -0.4 is 10.1 Å². The van der Waals surface area contributed by atoms with E-state index in [1.54, 1.807) is 6.08 Å². The van der Waals surface area contributed by atoms with Crippen LogP contribution in [0.4, 0.5) is 10.5 Å². The van der Waals surface area contributed by atoms with E-state index < -0.39 is 17.1 Å². The minimum atomic E-state index is -0.478. The molecule has 0 unspecified atom stereocenters. The number of rotatable bonds is 7. The van der Waals surface area contributed by atoms with Crippen molar-refractivity contribution in [3.05, 3.63) is 112 Å². The molecule has 1 saturated heterocycles. The highest BCUT2D eigenvalue weighted by Gasteiger charge is 2.36. The Morgan fingerprint density at radius 3 is 2.36 bits per heavy atom. The van der Waals surface area contributed by atoms with Crippen LogP contribution in [0, 0.1) is 20.8 Å². The highest BCUT2D eigenvalue weighted by atomic mass is 32.2. The van der Waals surface area contributed by atoms with Crippen LogP contribution >= 0.6 is 11.8 Å². The number of fused-ring (bicyclic) bond motifs is 1. The maximum atomic E-state index is 12.9. The summed E-state index contributed by atoms with van der Waals surface area (Å²) in [5.74, 6) is -0.193. The topological polar surface area (TPSA) is 75.7 Å². The molecule has 0 radical (unpaired) electrons. The Morgan fingerprint density at radius 1 is 0.923 bits per heavy atom. The third-order valence-electron chi connectivity index (χ3n) is 6.57. The monoisotopic (exact) mass is 536 g/mol. The predicted molar refractivity (Wildman–Crippen MR) is 157 cm³/mol. The summed E-state index contributed by atoms with van der Waals surface area (Å²) in [4.78, 5) is 39.4. The number of anilines is 1. The van der Waals surface area contributed by atoms with Crippen LogP contribution in [-0.4, -0.2) is 28.5 Å². The molecular weight excluding hydrogens is 508 g/mol. The third-order valence-corrected chi connectivity index (χ3v) is 7.48. The zero-order valence-corrected chi connectivity index (χ0v) is 22.8. The van der Waals surface area contributed by atoms with Crippen LogP contribution in [0.2, 0.25) is 0 Å². The maximum Gasteiger partial charge on any atom is 0.294 e. The molecule has 4 aromatic carbocycles. The van der Waals surface area contributed by atoms with E-state index in [1.807, 2.05) is 75.4 Å². The Bertz CT molecular complexity index is 1600. The fourth-order valence-corrected chi connectivity index (χ4v) is 5.57. The Morgan fingerprint density at radius 2 is 1.62 bits per heavy atom. The number of carbonyl (C=O) groups is 3. The van der Waals surface area contributed by atoms with Crippen molar-refractivity contribution in [2.75, 3.05) is 11.9 Å². The summed E-state index contributed by atoms with van der Waals surface area (Å²) in [7, 11) is 0. The van der Waals surface area contributed by atoms with Crippen molar-refractivity contribution >= 4 is 51.4 Å². The molecule has 196 valence electrons. The molecule has 39 heavy (non-hydrogen) atoms. The van der Waals surface area contributed by atoms with Crippen molar-refractivity contribution in [1.29, 1.82) is 0 Å². The SMILES string of the molecule is Cc1cc(C)c(NC(=O)CN2C(=O)S/C(=C/c3ccc(OCc4cccc5ccccc45)cc3)C2=O)c(C)c1. The molecule has 0 aromatic heterocycles. The summed E-state index contributed by atoms with van der Waals surface area (Å²) in [5, 5.41) is 4.71. The van der Waals surface area contributed by atoms with Gasteiger partial charge in [-0.15, -0.1) is 0 Å². The van der Waals surface area contributed by atoms with E-state index in [1.165, 1.54) is 5.39 Å². The number of nitrogens with one attached hydrogen (secondary N) is 1. The molecule has 5 rings (SSSR count). The Kier molecular flexibility index (Phi) is 7.52. The minimum Gasteiger partial charge on any atom is -0.489 e. The number of hydrogen-bond acceptors (Lipinski definition) is 5. The maximum absolute atomic E-state index is 12.9. The van der Waals surface area contributed by atoms with Gasteiger partial charge >= 0.3 is 0 Å². The van der Waals surface area contributed by atoms with E-state index in [-0.39, 0.29) is 11.4 Å². The van der Waals surface area contributed by atoms with Gasteiger partial charge in [-0.2, -0.15) is 0 Å². The van der Waals surface area contributed by atoms with Crippen LogP contribution in [0.1, 0.15) is 27.8 Å². The van der Waals surface area contributed by atoms with Gasteiger partial charge in [-0.3, -0.25) is 19.3 Å². The van der Waals surface area contributed by atoms with E-state index in [0.29, 0.717) is 18.0 Å². The van der Waals surface area contributed by atoms with E-state index in [0.717, 1.165) is 49.9 Å². The van der Waals surface area contributed by atoms with Crippen molar-refractivity contribution in [2.24, 2.45) is 0 Å². The van der Waals surface area contributed by atoms with Crippen molar-refractivity contribution in [1.82, 2.24) is 4.90 Å². The van der Waals surface area contributed by atoms with Crippen molar-refractivity contribution in [3.63, 3.8) is 0 Å². The molecule has 1 N–H and O–H groups in total. The van der Waals surface area contributed by atoms with Gasteiger partial charge in [-0.1, -0.05) is 72.3 Å². The molecule has 3 amide bonds. The number of carbonyl (C=O) groups excluding carboxylic acids is 3. The summed E-state index contributed by atoms with van der Waals surface area (Å²) in [5.41, 5.74) is 5.52. The second-order valence-corrected chi connectivity index (χ2v) is 10.6.